The first-order valence-electron chi connectivity index (χ1n) is 1.50. The lowest BCUT2D eigenvalue weighted by atomic mass is 10.8. The molecule has 1 N–H and O–H groups in total. The lowest BCUT2D eigenvalue weighted by molar-refractivity contribution is -0.118. The third kappa shape index (κ3) is 3.29. The molecule has 0 atom stereocenters. The summed E-state index contributed by atoms with van der Waals surface area (Å²) in [6.45, 7) is 0. The average molecular weight is 165 g/mol. The minimum atomic E-state index is -0.373. The first kappa shape index (κ1) is 6.46. The molecule has 0 aliphatic rings. The standard InChI is InChI=1S/C2H3BrN3O/c3-1-2(7)5-6-4/h1H2,(H-,4,5,7)/q+1. The largest absolute Gasteiger partial charge is 0.426 e. The van der Waals surface area contributed by atoms with E-state index in [1.165, 1.54) is 0 Å². The number of carbonyl (C=O) groups is 1. The van der Waals surface area contributed by atoms with E-state index in [1.807, 2.05) is 0 Å². The van der Waals surface area contributed by atoms with Gasteiger partial charge in [0.1, 0.15) is 0 Å². The van der Waals surface area contributed by atoms with Gasteiger partial charge < -0.3 is 0 Å². The predicted octanol–water partition coefficient (Wildman–Crippen LogP) is -0.230. The number of alkyl halides is 1. The van der Waals surface area contributed by atoms with Crippen molar-refractivity contribution in [3.05, 3.63) is 5.53 Å². The number of nitrogens with one attached hydrogen (secondary N) is 1. The molecule has 0 bridgehead atoms. The van der Waals surface area contributed by atoms with Gasteiger partial charge in [0.15, 0.2) is 0 Å². The molecule has 0 fully saturated rings. The Labute approximate surface area is 48.9 Å². The number of amides is 1. The van der Waals surface area contributed by atoms with Crippen molar-refractivity contribution in [3.63, 3.8) is 0 Å². The van der Waals surface area contributed by atoms with E-state index in [4.69, 9.17) is 5.53 Å². The van der Waals surface area contributed by atoms with Crippen LogP contribution in [-0.4, -0.2) is 11.2 Å². The Balaban J connectivity index is 3.17. The molecule has 0 aliphatic heterocycles. The van der Waals surface area contributed by atoms with Gasteiger partial charge in [-0.3, -0.25) is 4.79 Å². The van der Waals surface area contributed by atoms with Crippen LogP contribution in [0.1, 0.15) is 0 Å². The second kappa shape index (κ2) is 3.64. The van der Waals surface area contributed by atoms with Gasteiger partial charge in [-0.15, -0.1) is 0 Å². The molecule has 0 unspecified atom stereocenters. The highest BCUT2D eigenvalue weighted by Crippen LogP contribution is 1.74. The lowest BCUT2D eigenvalue weighted by Crippen LogP contribution is -2.23. The van der Waals surface area contributed by atoms with Gasteiger partial charge in [-0.25, -0.2) is 0 Å². The van der Waals surface area contributed by atoms with E-state index in [0.29, 0.717) is 0 Å². The van der Waals surface area contributed by atoms with Crippen molar-refractivity contribution in [2.45, 2.75) is 0 Å². The second-order valence-corrected chi connectivity index (χ2v) is 1.33. The Kier molecular flexibility index (Phi) is 3.36. The Morgan fingerprint density at radius 1 is 2.00 bits per heavy atom. The van der Waals surface area contributed by atoms with Crippen LogP contribution < -0.4 is 10.6 Å². The maximum Gasteiger partial charge on any atom is 0.426 e. The smallest absolute Gasteiger partial charge is 0.288 e. The van der Waals surface area contributed by atoms with Crippen molar-refractivity contribution in [1.82, 2.24) is 10.6 Å². The van der Waals surface area contributed by atoms with E-state index in [9.17, 15) is 4.79 Å². The fourth-order valence-corrected chi connectivity index (χ4v) is 0.211. The van der Waals surface area contributed by atoms with E-state index in [2.05, 4.69) is 21.2 Å². The number of carbonyl (C=O) groups excluding carboxylic acids is 1. The van der Waals surface area contributed by atoms with Gasteiger partial charge in [-0.05, 0) is 0 Å². The van der Waals surface area contributed by atoms with Gasteiger partial charge >= 0.3 is 5.22 Å². The topological polar surface area (TPSA) is 65.5 Å². The molecule has 0 radical (unpaired) electrons. The highest BCUT2D eigenvalue weighted by Gasteiger charge is 2.02. The average Bonchev–Trinajstić information content (AvgIpc) is 1.68. The van der Waals surface area contributed by atoms with E-state index in [-0.39, 0.29) is 11.2 Å². The zero-order valence-electron chi connectivity index (χ0n) is 3.39. The van der Waals surface area contributed by atoms with Gasteiger partial charge in [0.2, 0.25) is 0 Å². The molecule has 0 saturated heterocycles. The van der Waals surface area contributed by atoms with E-state index >= 15 is 0 Å². The molecular weight excluding hydrogens is 162 g/mol. The predicted molar refractivity (Wildman–Crippen MR) is 27.4 cm³/mol. The zero-order valence-corrected chi connectivity index (χ0v) is 4.97. The lowest BCUT2D eigenvalue weighted by Gasteiger charge is -1.72. The first-order valence-corrected chi connectivity index (χ1v) is 2.62. The van der Waals surface area contributed by atoms with Gasteiger partial charge in [-0.2, -0.15) is 0 Å². The first-order chi connectivity index (χ1) is 3.31. The van der Waals surface area contributed by atoms with Crippen LogP contribution in [0.25, 0.3) is 5.53 Å². The Morgan fingerprint density at radius 3 is 2.71 bits per heavy atom. The Bertz CT molecular complexity index is 83.0. The normalized spacial score (nSPS) is 7.00. The maximum atomic E-state index is 10.0. The molecule has 0 aromatic rings. The maximum absolute atomic E-state index is 10.0. The SMILES string of the molecule is [N-]=[N+2]NC(=O)CBr. The molecule has 0 aliphatic carbocycles. The summed E-state index contributed by atoms with van der Waals surface area (Å²) in [6.07, 6.45) is 0. The fourth-order valence-electron chi connectivity index (χ4n) is 0.0856. The van der Waals surface area contributed by atoms with Crippen LogP contribution in [0.4, 0.5) is 0 Å². The number of hydrogen-bond acceptors (Lipinski definition) is 2. The van der Waals surface area contributed by atoms with Crippen LogP contribution in [0, 0.1) is 0 Å². The molecule has 0 spiro atoms. The third-order valence-corrected chi connectivity index (χ3v) is 0.805. The summed E-state index contributed by atoms with van der Waals surface area (Å²) in [5.74, 6) is -0.373. The molecular formula is C2H3BrN3O+. The van der Waals surface area contributed by atoms with Crippen LogP contribution in [-0.2, 0) is 4.79 Å². The molecule has 0 heterocycles. The number of nitrogens with zero attached hydrogens (tertiary/aromatic N) is 2. The molecule has 4 nitrogen and oxygen atoms in total. The van der Waals surface area contributed by atoms with Crippen molar-refractivity contribution < 1.29 is 4.79 Å². The van der Waals surface area contributed by atoms with Gasteiger partial charge in [0.25, 0.3) is 11.4 Å². The van der Waals surface area contributed by atoms with Crippen LogP contribution in [0.5, 0.6) is 0 Å². The quantitative estimate of drug-likeness (QED) is 0.342. The molecule has 7 heavy (non-hydrogen) atoms. The fraction of sp³-hybridized carbons (Fsp3) is 0.500. The molecule has 38 valence electrons. The Hall–Kier alpha value is -0.540. The molecule has 0 saturated carbocycles. The van der Waals surface area contributed by atoms with Crippen molar-refractivity contribution >= 4 is 21.8 Å². The summed E-state index contributed by atoms with van der Waals surface area (Å²) in [6, 6.07) is 0. The number of rotatable bonds is 2. The minimum absolute atomic E-state index is 0.150. The summed E-state index contributed by atoms with van der Waals surface area (Å²) >= 11 is 2.83. The van der Waals surface area contributed by atoms with Crippen LogP contribution in [0.15, 0.2) is 0 Å². The summed E-state index contributed by atoms with van der Waals surface area (Å²) in [5, 5.41) is 2.53. The number of halogens is 1. The monoisotopic (exact) mass is 164 g/mol. The van der Waals surface area contributed by atoms with Crippen LogP contribution in [0.3, 0.4) is 0 Å². The van der Waals surface area contributed by atoms with Crippen molar-refractivity contribution in [2.75, 3.05) is 5.33 Å². The van der Waals surface area contributed by atoms with Crippen molar-refractivity contribution in [2.24, 2.45) is 0 Å². The molecule has 1 amide bonds. The van der Waals surface area contributed by atoms with Crippen LogP contribution >= 0.6 is 15.9 Å². The minimum Gasteiger partial charge on any atom is -0.288 e. The highest BCUT2D eigenvalue weighted by atomic mass is 79.9. The second-order valence-electron chi connectivity index (χ2n) is 0.769. The van der Waals surface area contributed by atoms with E-state index in [1.54, 1.807) is 5.43 Å². The van der Waals surface area contributed by atoms with Gasteiger partial charge in [0, 0.05) is 0 Å². The molecule has 0 rings (SSSR count). The molecule has 5 heteroatoms. The van der Waals surface area contributed by atoms with Crippen molar-refractivity contribution in [1.29, 1.82) is 0 Å². The summed E-state index contributed by atoms with van der Waals surface area (Å²) in [5.41, 5.74) is 9.43. The summed E-state index contributed by atoms with van der Waals surface area (Å²) < 4.78 is 0. The third-order valence-electron chi connectivity index (χ3n) is 0.296. The van der Waals surface area contributed by atoms with E-state index in [0.717, 1.165) is 0 Å². The van der Waals surface area contributed by atoms with Gasteiger partial charge in [-0.1, -0.05) is 15.9 Å². The number of hydrogen-bond donors (Lipinski definition) is 1. The van der Waals surface area contributed by atoms with Gasteiger partial charge in [0.05, 0.1) is 10.8 Å². The summed E-state index contributed by atoms with van der Waals surface area (Å²) in [7, 11) is 0. The van der Waals surface area contributed by atoms with E-state index < -0.39 is 0 Å². The highest BCUT2D eigenvalue weighted by molar-refractivity contribution is 9.09. The Morgan fingerprint density at radius 2 is 2.57 bits per heavy atom. The zero-order chi connectivity index (χ0) is 5.70. The summed E-state index contributed by atoms with van der Waals surface area (Å²) in [4.78, 5) is 10.0. The molecule has 0 aromatic carbocycles. The van der Waals surface area contributed by atoms with Crippen LogP contribution in [0.2, 0.25) is 0 Å². The molecule has 0 aromatic heterocycles. The van der Waals surface area contributed by atoms with Crippen molar-refractivity contribution in [3.8, 4) is 0 Å².